The Morgan fingerprint density at radius 2 is 2.28 bits per heavy atom. The van der Waals surface area contributed by atoms with Crippen molar-refractivity contribution in [2.24, 2.45) is 0 Å². The van der Waals surface area contributed by atoms with Crippen LogP contribution in [-0.2, 0) is 4.74 Å². The molecule has 0 spiro atoms. The normalized spacial score (nSPS) is 12.6. The molecule has 1 atom stereocenters. The number of methoxy groups -OCH3 is 1. The van der Waals surface area contributed by atoms with Crippen molar-refractivity contribution in [2.45, 2.75) is 19.9 Å². The molecule has 2 aromatic heterocycles. The maximum Gasteiger partial charge on any atom is 0.226 e. The standard InChI is InChI=1S/C12H18N4OS/c1-4-13-12-15-10(14-8(2)7-17-3)9-5-6-18-11(9)16-12/h5-6,8H,4,7H2,1-3H3,(H2,13,14,15,16). The lowest BCUT2D eigenvalue weighted by atomic mass is 10.3. The molecule has 0 aliphatic heterocycles. The summed E-state index contributed by atoms with van der Waals surface area (Å²) >= 11 is 1.62. The Labute approximate surface area is 111 Å². The van der Waals surface area contributed by atoms with Crippen molar-refractivity contribution < 1.29 is 4.74 Å². The first-order chi connectivity index (χ1) is 8.74. The molecule has 0 saturated carbocycles. The average molecular weight is 266 g/mol. The SMILES string of the molecule is CCNc1nc(NC(C)COC)c2ccsc2n1. The molecule has 5 nitrogen and oxygen atoms in total. The molecule has 2 N–H and O–H groups in total. The van der Waals surface area contributed by atoms with E-state index in [0.717, 1.165) is 22.6 Å². The predicted molar refractivity (Wildman–Crippen MR) is 76.5 cm³/mol. The molecule has 0 saturated heterocycles. The van der Waals surface area contributed by atoms with Gasteiger partial charge in [-0.05, 0) is 25.3 Å². The van der Waals surface area contributed by atoms with Crippen molar-refractivity contribution in [1.29, 1.82) is 0 Å². The molecule has 0 aliphatic rings. The summed E-state index contributed by atoms with van der Waals surface area (Å²) in [5.74, 6) is 1.53. The van der Waals surface area contributed by atoms with E-state index in [0.29, 0.717) is 12.6 Å². The molecule has 0 aliphatic carbocycles. The number of hydrogen-bond donors (Lipinski definition) is 2. The molecule has 0 bridgehead atoms. The van der Waals surface area contributed by atoms with Gasteiger partial charge in [-0.15, -0.1) is 11.3 Å². The zero-order chi connectivity index (χ0) is 13.0. The monoisotopic (exact) mass is 266 g/mol. The molecule has 2 aromatic rings. The van der Waals surface area contributed by atoms with Crippen LogP contribution in [0.3, 0.4) is 0 Å². The summed E-state index contributed by atoms with van der Waals surface area (Å²) in [6.45, 7) is 5.55. The van der Waals surface area contributed by atoms with Crippen LogP contribution in [-0.4, -0.2) is 36.3 Å². The van der Waals surface area contributed by atoms with Gasteiger partial charge in [-0.25, -0.2) is 4.98 Å². The Bertz CT molecular complexity index is 514. The van der Waals surface area contributed by atoms with Crippen LogP contribution < -0.4 is 10.6 Å². The third kappa shape index (κ3) is 2.88. The van der Waals surface area contributed by atoms with Gasteiger partial charge in [-0.2, -0.15) is 4.98 Å². The number of hydrogen-bond acceptors (Lipinski definition) is 6. The van der Waals surface area contributed by atoms with Gasteiger partial charge in [0.05, 0.1) is 12.0 Å². The maximum absolute atomic E-state index is 5.13. The molecule has 2 heterocycles. The molecule has 1 unspecified atom stereocenters. The first-order valence-corrected chi connectivity index (χ1v) is 6.87. The van der Waals surface area contributed by atoms with Crippen LogP contribution in [0.25, 0.3) is 10.2 Å². The molecular formula is C12H18N4OS. The first-order valence-electron chi connectivity index (χ1n) is 5.99. The van der Waals surface area contributed by atoms with Crippen LogP contribution in [0.1, 0.15) is 13.8 Å². The highest BCUT2D eigenvalue weighted by molar-refractivity contribution is 7.16. The molecule has 0 fully saturated rings. The third-order valence-corrected chi connectivity index (χ3v) is 3.27. The Balaban J connectivity index is 2.31. The van der Waals surface area contributed by atoms with E-state index >= 15 is 0 Å². The van der Waals surface area contributed by atoms with E-state index in [9.17, 15) is 0 Å². The van der Waals surface area contributed by atoms with Crippen LogP contribution in [0.5, 0.6) is 0 Å². The van der Waals surface area contributed by atoms with Crippen molar-refractivity contribution >= 4 is 33.3 Å². The number of thiophene rings is 1. The van der Waals surface area contributed by atoms with Crippen molar-refractivity contribution in [2.75, 3.05) is 30.9 Å². The van der Waals surface area contributed by atoms with Crippen LogP contribution in [0.2, 0.25) is 0 Å². The zero-order valence-corrected chi connectivity index (χ0v) is 11.7. The Hall–Kier alpha value is -1.40. The van der Waals surface area contributed by atoms with E-state index < -0.39 is 0 Å². The highest BCUT2D eigenvalue weighted by Crippen LogP contribution is 2.26. The number of rotatable bonds is 6. The quantitative estimate of drug-likeness (QED) is 0.841. The van der Waals surface area contributed by atoms with E-state index in [1.165, 1.54) is 0 Å². The van der Waals surface area contributed by atoms with Crippen molar-refractivity contribution in [1.82, 2.24) is 9.97 Å². The van der Waals surface area contributed by atoms with E-state index in [2.05, 4.69) is 27.5 Å². The highest BCUT2D eigenvalue weighted by Gasteiger charge is 2.10. The molecule has 0 radical (unpaired) electrons. The van der Waals surface area contributed by atoms with Gasteiger partial charge >= 0.3 is 0 Å². The number of nitrogens with zero attached hydrogens (tertiary/aromatic N) is 2. The summed E-state index contributed by atoms with van der Waals surface area (Å²) in [5, 5.41) is 9.60. The fourth-order valence-electron chi connectivity index (χ4n) is 1.73. The summed E-state index contributed by atoms with van der Waals surface area (Å²) in [4.78, 5) is 9.96. The minimum atomic E-state index is 0.211. The van der Waals surface area contributed by atoms with Gasteiger partial charge in [0.25, 0.3) is 0 Å². The second-order valence-corrected chi connectivity index (χ2v) is 4.96. The van der Waals surface area contributed by atoms with E-state index in [-0.39, 0.29) is 6.04 Å². The smallest absolute Gasteiger partial charge is 0.226 e. The summed E-state index contributed by atoms with van der Waals surface area (Å²) in [6, 6.07) is 2.25. The minimum Gasteiger partial charge on any atom is -0.383 e. The fraction of sp³-hybridized carbons (Fsp3) is 0.500. The van der Waals surface area contributed by atoms with Gasteiger partial charge < -0.3 is 15.4 Å². The fourth-order valence-corrected chi connectivity index (χ4v) is 2.49. The van der Waals surface area contributed by atoms with Gasteiger partial charge in [-0.1, -0.05) is 0 Å². The second kappa shape index (κ2) is 5.97. The Kier molecular flexibility index (Phi) is 4.33. The van der Waals surface area contributed by atoms with Gasteiger partial charge in [0.2, 0.25) is 5.95 Å². The molecular weight excluding hydrogens is 248 g/mol. The van der Waals surface area contributed by atoms with Gasteiger partial charge in [0.1, 0.15) is 10.6 Å². The average Bonchev–Trinajstić information content (AvgIpc) is 2.78. The lowest BCUT2D eigenvalue weighted by Gasteiger charge is -2.15. The van der Waals surface area contributed by atoms with Crippen LogP contribution in [0.4, 0.5) is 11.8 Å². The number of anilines is 2. The summed E-state index contributed by atoms with van der Waals surface area (Å²) in [5.41, 5.74) is 0. The number of aromatic nitrogens is 2. The number of nitrogens with one attached hydrogen (secondary N) is 2. The zero-order valence-electron chi connectivity index (χ0n) is 10.9. The van der Waals surface area contributed by atoms with Gasteiger partial charge in [0.15, 0.2) is 0 Å². The van der Waals surface area contributed by atoms with Crippen LogP contribution in [0.15, 0.2) is 11.4 Å². The van der Waals surface area contributed by atoms with Crippen LogP contribution in [0, 0.1) is 0 Å². The lowest BCUT2D eigenvalue weighted by Crippen LogP contribution is -2.22. The molecule has 98 valence electrons. The predicted octanol–water partition coefficient (Wildman–Crippen LogP) is 2.57. The highest BCUT2D eigenvalue weighted by atomic mass is 32.1. The maximum atomic E-state index is 5.13. The van der Waals surface area contributed by atoms with E-state index in [1.807, 2.05) is 18.4 Å². The Morgan fingerprint density at radius 1 is 1.44 bits per heavy atom. The number of ether oxygens (including phenoxy) is 1. The van der Waals surface area contributed by atoms with Gasteiger partial charge in [0, 0.05) is 19.7 Å². The summed E-state index contributed by atoms with van der Waals surface area (Å²) < 4.78 is 5.13. The molecule has 2 rings (SSSR count). The number of fused-ring (bicyclic) bond motifs is 1. The molecule has 6 heteroatoms. The van der Waals surface area contributed by atoms with Crippen LogP contribution >= 0.6 is 11.3 Å². The van der Waals surface area contributed by atoms with Crippen molar-refractivity contribution in [3.8, 4) is 0 Å². The molecule has 0 amide bonds. The van der Waals surface area contributed by atoms with Crippen molar-refractivity contribution in [3.05, 3.63) is 11.4 Å². The molecule has 18 heavy (non-hydrogen) atoms. The topological polar surface area (TPSA) is 59.1 Å². The minimum absolute atomic E-state index is 0.211. The van der Waals surface area contributed by atoms with Gasteiger partial charge in [-0.3, -0.25) is 0 Å². The molecule has 0 aromatic carbocycles. The largest absolute Gasteiger partial charge is 0.383 e. The first kappa shape index (κ1) is 13.0. The second-order valence-electron chi connectivity index (χ2n) is 4.07. The van der Waals surface area contributed by atoms with Crippen molar-refractivity contribution in [3.63, 3.8) is 0 Å². The van der Waals surface area contributed by atoms with E-state index in [1.54, 1.807) is 18.4 Å². The van der Waals surface area contributed by atoms with E-state index in [4.69, 9.17) is 4.74 Å². The Morgan fingerprint density at radius 3 is 3.00 bits per heavy atom. The third-order valence-electron chi connectivity index (χ3n) is 2.46. The lowest BCUT2D eigenvalue weighted by molar-refractivity contribution is 0.190. The summed E-state index contributed by atoms with van der Waals surface area (Å²) in [7, 11) is 1.70. The summed E-state index contributed by atoms with van der Waals surface area (Å²) in [6.07, 6.45) is 0.